The first-order chi connectivity index (χ1) is 9.58. The number of rotatable bonds is 3. The van der Waals surface area contributed by atoms with Crippen LogP contribution in [-0.4, -0.2) is 16.7 Å². The third kappa shape index (κ3) is 3.36. The smallest absolute Gasteiger partial charge is 0.275 e. The Morgan fingerprint density at radius 1 is 1.15 bits per heavy atom. The molecule has 0 atom stereocenters. The van der Waals surface area contributed by atoms with Crippen molar-refractivity contribution in [2.24, 2.45) is 5.10 Å². The molecule has 102 valence electrons. The lowest BCUT2D eigenvalue weighted by molar-refractivity contribution is 0.0952. The monoisotopic (exact) mass is 288 g/mol. The lowest BCUT2D eigenvalue weighted by Crippen LogP contribution is -2.19. The van der Waals surface area contributed by atoms with Gasteiger partial charge in [0.05, 0.1) is 11.3 Å². The molecule has 0 unspecified atom stereocenters. The van der Waals surface area contributed by atoms with Gasteiger partial charge in [-0.1, -0.05) is 35.9 Å². The summed E-state index contributed by atoms with van der Waals surface area (Å²) in [6.45, 7) is 1.77. The Kier molecular flexibility index (Phi) is 4.38. The number of carbonyl (C=O) groups is 1. The number of benzene rings is 2. The minimum Gasteiger partial charge on any atom is -0.507 e. The van der Waals surface area contributed by atoms with E-state index in [1.165, 1.54) is 12.1 Å². The molecule has 5 heteroatoms. The molecule has 0 aromatic heterocycles. The van der Waals surface area contributed by atoms with Crippen LogP contribution in [0.15, 0.2) is 53.6 Å². The summed E-state index contributed by atoms with van der Waals surface area (Å²) in [6.07, 6.45) is 0. The van der Waals surface area contributed by atoms with Gasteiger partial charge in [-0.3, -0.25) is 4.79 Å². The van der Waals surface area contributed by atoms with Crippen molar-refractivity contribution in [3.05, 3.63) is 64.7 Å². The summed E-state index contributed by atoms with van der Waals surface area (Å²) in [5, 5.41) is 14.2. The van der Waals surface area contributed by atoms with Gasteiger partial charge in [0, 0.05) is 5.02 Å². The molecule has 2 aromatic rings. The molecule has 0 heterocycles. The molecule has 1 amide bonds. The number of hydrogen-bond donors (Lipinski definition) is 2. The van der Waals surface area contributed by atoms with Crippen LogP contribution in [0, 0.1) is 0 Å². The highest BCUT2D eigenvalue weighted by atomic mass is 35.5. The van der Waals surface area contributed by atoms with Crippen LogP contribution in [0.4, 0.5) is 0 Å². The number of phenolic OH excluding ortho intramolecular Hbond substituents is 1. The molecule has 0 radical (unpaired) electrons. The molecule has 0 spiro atoms. The van der Waals surface area contributed by atoms with E-state index in [4.69, 9.17) is 11.6 Å². The zero-order chi connectivity index (χ0) is 14.5. The van der Waals surface area contributed by atoms with E-state index in [-0.39, 0.29) is 11.3 Å². The van der Waals surface area contributed by atoms with Crippen LogP contribution in [0.25, 0.3) is 0 Å². The Morgan fingerprint density at radius 3 is 2.45 bits per heavy atom. The fourth-order valence-electron chi connectivity index (χ4n) is 1.62. The van der Waals surface area contributed by atoms with E-state index in [2.05, 4.69) is 10.5 Å². The van der Waals surface area contributed by atoms with Crippen LogP contribution in [0.2, 0.25) is 5.02 Å². The Hall–Kier alpha value is -2.33. The van der Waals surface area contributed by atoms with Crippen molar-refractivity contribution in [3.8, 4) is 5.75 Å². The van der Waals surface area contributed by atoms with Gasteiger partial charge in [0.2, 0.25) is 0 Å². The number of nitrogens with one attached hydrogen (secondary N) is 1. The minimum absolute atomic E-state index is 0.0793. The molecule has 0 saturated carbocycles. The molecule has 0 fully saturated rings. The molecule has 2 aromatic carbocycles. The maximum Gasteiger partial charge on any atom is 0.275 e. The Morgan fingerprint density at radius 2 is 1.80 bits per heavy atom. The van der Waals surface area contributed by atoms with E-state index in [0.29, 0.717) is 10.7 Å². The van der Waals surface area contributed by atoms with Gasteiger partial charge >= 0.3 is 0 Å². The van der Waals surface area contributed by atoms with Gasteiger partial charge in [0.15, 0.2) is 0 Å². The van der Waals surface area contributed by atoms with Gasteiger partial charge in [-0.15, -0.1) is 0 Å². The van der Waals surface area contributed by atoms with Gasteiger partial charge in [0.1, 0.15) is 5.75 Å². The second kappa shape index (κ2) is 6.21. The van der Waals surface area contributed by atoms with Crippen molar-refractivity contribution in [1.29, 1.82) is 0 Å². The first kappa shape index (κ1) is 14.1. The number of hydrazone groups is 1. The van der Waals surface area contributed by atoms with Crippen molar-refractivity contribution in [2.75, 3.05) is 0 Å². The predicted molar refractivity (Wildman–Crippen MR) is 79.2 cm³/mol. The number of halogens is 1. The number of phenols is 1. The topological polar surface area (TPSA) is 61.7 Å². The predicted octanol–water partition coefficient (Wildman–Crippen LogP) is 3.20. The summed E-state index contributed by atoms with van der Waals surface area (Å²) in [5.41, 5.74) is 4.09. The first-order valence-electron chi connectivity index (χ1n) is 5.96. The molecular weight excluding hydrogens is 276 g/mol. The highest BCUT2D eigenvalue weighted by Gasteiger charge is 2.09. The lowest BCUT2D eigenvalue weighted by Gasteiger charge is -2.04. The lowest BCUT2D eigenvalue weighted by atomic mass is 10.1. The summed E-state index contributed by atoms with van der Waals surface area (Å²) < 4.78 is 0. The van der Waals surface area contributed by atoms with Gasteiger partial charge in [-0.05, 0) is 36.8 Å². The van der Waals surface area contributed by atoms with Crippen molar-refractivity contribution in [3.63, 3.8) is 0 Å². The van der Waals surface area contributed by atoms with E-state index >= 15 is 0 Å². The quantitative estimate of drug-likeness (QED) is 0.673. The normalized spacial score (nSPS) is 11.2. The van der Waals surface area contributed by atoms with Gasteiger partial charge in [-0.2, -0.15) is 5.10 Å². The highest BCUT2D eigenvalue weighted by Crippen LogP contribution is 2.15. The Bertz CT molecular complexity index is 651. The van der Waals surface area contributed by atoms with E-state index in [9.17, 15) is 9.90 Å². The fraction of sp³-hybridized carbons (Fsp3) is 0.0667. The number of aromatic hydroxyl groups is 1. The number of nitrogens with zero attached hydrogens (tertiary/aromatic N) is 1. The van der Waals surface area contributed by atoms with Crippen molar-refractivity contribution >= 4 is 23.2 Å². The molecular formula is C15H13ClN2O2. The van der Waals surface area contributed by atoms with E-state index in [1.807, 2.05) is 12.1 Å². The van der Waals surface area contributed by atoms with Crippen molar-refractivity contribution in [1.82, 2.24) is 5.43 Å². The average molecular weight is 289 g/mol. The fourth-order valence-corrected chi connectivity index (χ4v) is 1.74. The Balaban J connectivity index is 2.11. The second-order valence-corrected chi connectivity index (χ2v) is 4.60. The molecule has 0 aliphatic carbocycles. The average Bonchev–Trinajstić information content (AvgIpc) is 2.45. The zero-order valence-electron chi connectivity index (χ0n) is 10.8. The van der Waals surface area contributed by atoms with Crippen LogP contribution in [0.3, 0.4) is 0 Å². The molecule has 2 N–H and O–H groups in total. The van der Waals surface area contributed by atoms with Crippen molar-refractivity contribution in [2.45, 2.75) is 6.92 Å². The van der Waals surface area contributed by atoms with Gasteiger partial charge in [0.25, 0.3) is 5.91 Å². The largest absolute Gasteiger partial charge is 0.507 e. The van der Waals surface area contributed by atoms with Gasteiger partial charge in [-0.25, -0.2) is 5.43 Å². The van der Waals surface area contributed by atoms with Crippen molar-refractivity contribution < 1.29 is 9.90 Å². The summed E-state index contributed by atoms with van der Waals surface area (Å²) in [7, 11) is 0. The van der Waals surface area contributed by atoms with E-state index in [0.717, 1.165) is 5.56 Å². The summed E-state index contributed by atoms with van der Waals surface area (Å²) in [6, 6.07) is 13.4. The number of hydrogen-bond acceptors (Lipinski definition) is 3. The van der Waals surface area contributed by atoms with E-state index < -0.39 is 5.91 Å². The third-order valence-corrected chi connectivity index (χ3v) is 2.99. The zero-order valence-corrected chi connectivity index (χ0v) is 11.6. The molecule has 0 bridgehead atoms. The summed E-state index contributed by atoms with van der Waals surface area (Å²) in [4.78, 5) is 11.9. The number of para-hydroxylation sites is 1. The number of carbonyl (C=O) groups excluding carboxylic acids is 1. The maximum atomic E-state index is 11.9. The number of amides is 1. The molecule has 0 aliphatic heterocycles. The summed E-state index contributed by atoms with van der Waals surface area (Å²) in [5.74, 6) is -0.541. The maximum absolute atomic E-state index is 11.9. The standard InChI is InChI=1S/C15H13ClN2O2/c1-10(11-6-8-12(16)9-7-11)17-18-15(20)13-4-2-3-5-14(13)19/h2-9,19H,1H3,(H,18,20)/b17-10-. The van der Waals surface area contributed by atoms with Crippen LogP contribution >= 0.6 is 11.6 Å². The molecule has 2 rings (SSSR count). The minimum atomic E-state index is -0.462. The molecule has 4 nitrogen and oxygen atoms in total. The summed E-state index contributed by atoms with van der Waals surface area (Å²) >= 11 is 5.80. The van der Waals surface area contributed by atoms with Crippen LogP contribution < -0.4 is 5.43 Å². The second-order valence-electron chi connectivity index (χ2n) is 4.16. The van der Waals surface area contributed by atoms with Crippen LogP contribution in [-0.2, 0) is 0 Å². The highest BCUT2D eigenvalue weighted by molar-refractivity contribution is 6.30. The SMILES string of the molecule is C/C(=N/NC(=O)c1ccccc1O)c1ccc(Cl)cc1. The van der Waals surface area contributed by atoms with E-state index in [1.54, 1.807) is 31.2 Å². The van der Waals surface area contributed by atoms with Crippen LogP contribution in [0.5, 0.6) is 5.75 Å². The molecule has 0 aliphatic rings. The third-order valence-electron chi connectivity index (χ3n) is 2.74. The van der Waals surface area contributed by atoms with Gasteiger partial charge < -0.3 is 5.11 Å². The Labute approximate surface area is 121 Å². The molecule has 20 heavy (non-hydrogen) atoms. The first-order valence-corrected chi connectivity index (χ1v) is 6.34. The molecule has 0 saturated heterocycles. The van der Waals surface area contributed by atoms with Crippen LogP contribution in [0.1, 0.15) is 22.8 Å².